The molecule has 2 aromatic heterocycles. The Balaban J connectivity index is 1.67. The van der Waals surface area contributed by atoms with Gasteiger partial charge in [0.15, 0.2) is 0 Å². The van der Waals surface area contributed by atoms with Crippen LogP contribution in [-0.4, -0.2) is 58.1 Å². The number of benzene rings is 1. The van der Waals surface area contributed by atoms with Gasteiger partial charge in [0, 0.05) is 30.2 Å². The molecule has 3 aromatic rings. The average molecular weight is 406 g/mol. The lowest BCUT2D eigenvalue weighted by atomic mass is 10.1. The molecule has 0 unspecified atom stereocenters. The highest BCUT2D eigenvalue weighted by Gasteiger charge is 2.34. The van der Waals surface area contributed by atoms with Gasteiger partial charge in [-0.2, -0.15) is 0 Å². The number of hydrogen-bond donors (Lipinski definition) is 2. The van der Waals surface area contributed by atoms with Gasteiger partial charge in [-0.3, -0.25) is 4.79 Å². The Morgan fingerprint density at radius 2 is 2.13 bits per heavy atom. The topological polar surface area (TPSA) is 96.2 Å². The van der Waals surface area contributed by atoms with Crippen LogP contribution in [0.2, 0.25) is 0 Å². The van der Waals surface area contributed by atoms with E-state index < -0.39 is 5.97 Å². The lowest BCUT2D eigenvalue weighted by Gasteiger charge is -2.15. The highest BCUT2D eigenvalue weighted by Crippen LogP contribution is 2.27. The standard InChI is InChI=1S/C22H22N4O4/c1-14-5-4-8-25-13-18(24-20(14)25)15-6-3-7-16(11-15)23-19-17(22(29)30-2)12-26(9-10-27)21(19)28/h3-8,11,13,23,27H,9-10,12H2,1-2H3. The lowest BCUT2D eigenvalue weighted by molar-refractivity contribution is -0.136. The molecule has 4 rings (SSSR count). The number of amides is 1. The molecule has 8 heteroatoms. The van der Waals surface area contributed by atoms with Gasteiger partial charge in [-0.15, -0.1) is 0 Å². The van der Waals surface area contributed by atoms with Crippen LogP contribution in [0.5, 0.6) is 0 Å². The zero-order valence-electron chi connectivity index (χ0n) is 16.8. The number of esters is 1. The van der Waals surface area contributed by atoms with Crippen molar-refractivity contribution in [3.63, 3.8) is 0 Å². The Morgan fingerprint density at radius 3 is 2.87 bits per heavy atom. The Kier molecular flexibility index (Phi) is 5.24. The molecule has 154 valence electrons. The molecule has 0 radical (unpaired) electrons. The highest BCUT2D eigenvalue weighted by atomic mass is 16.5. The van der Waals surface area contributed by atoms with Crippen molar-refractivity contribution in [2.24, 2.45) is 0 Å². The zero-order valence-corrected chi connectivity index (χ0v) is 16.8. The van der Waals surface area contributed by atoms with Gasteiger partial charge in [-0.1, -0.05) is 18.2 Å². The van der Waals surface area contributed by atoms with Gasteiger partial charge >= 0.3 is 5.97 Å². The van der Waals surface area contributed by atoms with Crippen molar-refractivity contribution in [3.05, 3.63) is 65.6 Å². The molecule has 8 nitrogen and oxygen atoms in total. The van der Waals surface area contributed by atoms with Gasteiger partial charge in [0.05, 0.1) is 31.5 Å². The average Bonchev–Trinajstić information content (AvgIpc) is 3.32. The van der Waals surface area contributed by atoms with E-state index in [1.54, 1.807) is 0 Å². The van der Waals surface area contributed by atoms with E-state index >= 15 is 0 Å². The molecule has 0 saturated heterocycles. The first kappa shape index (κ1) is 19.7. The molecule has 2 N–H and O–H groups in total. The van der Waals surface area contributed by atoms with Crippen LogP contribution < -0.4 is 5.32 Å². The number of β-amino-alcohol motifs (C(OH)–C–C–N with tert-alkyl or cyclic N) is 1. The number of aromatic nitrogens is 2. The van der Waals surface area contributed by atoms with Gasteiger partial charge in [0.1, 0.15) is 11.3 Å². The highest BCUT2D eigenvalue weighted by molar-refractivity contribution is 6.08. The third-order valence-electron chi connectivity index (χ3n) is 5.06. The fourth-order valence-corrected chi connectivity index (χ4v) is 3.54. The summed E-state index contributed by atoms with van der Waals surface area (Å²) < 4.78 is 6.79. The summed E-state index contributed by atoms with van der Waals surface area (Å²) in [7, 11) is 1.28. The third-order valence-corrected chi connectivity index (χ3v) is 5.06. The number of anilines is 1. The van der Waals surface area contributed by atoms with Crippen LogP contribution >= 0.6 is 0 Å². The van der Waals surface area contributed by atoms with E-state index in [0.717, 1.165) is 22.5 Å². The number of aliphatic hydroxyl groups is 1. The Labute approximate surface area is 173 Å². The van der Waals surface area contributed by atoms with Crippen molar-refractivity contribution in [3.8, 4) is 11.3 Å². The van der Waals surface area contributed by atoms with Crippen LogP contribution in [0.25, 0.3) is 16.9 Å². The maximum Gasteiger partial charge on any atom is 0.337 e. The largest absolute Gasteiger partial charge is 0.466 e. The predicted molar refractivity (Wildman–Crippen MR) is 112 cm³/mol. The summed E-state index contributed by atoms with van der Waals surface area (Å²) in [4.78, 5) is 31.0. The van der Waals surface area contributed by atoms with Crippen molar-refractivity contribution < 1.29 is 19.4 Å². The Hall–Kier alpha value is -3.65. The maximum atomic E-state index is 12.7. The molecule has 1 amide bonds. The molecule has 0 aliphatic carbocycles. The Bertz CT molecular complexity index is 1160. The van der Waals surface area contributed by atoms with Crippen LogP contribution in [0.4, 0.5) is 5.69 Å². The molecule has 1 aliphatic heterocycles. The van der Waals surface area contributed by atoms with Crippen LogP contribution in [0.15, 0.2) is 60.1 Å². The first-order chi connectivity index (χ1) is 14.5. The molecule has 30 heavy (non-hydrogen) atoms. The summed E-state index contributed by atoms with van der Waals surface area (Å²) in [5.74, 6) is -0.920. The van der Waals surface area contributed by atoms with Crippen molar-refractivity contribution in [2.45, 2.75) is 6.92 Å². The van der Waals surface area contributed by atoms with Gasteiger partial charge < -0.3 is 24.5 Å². The van der Waals surface area contributed by atoms with Crippen molar-refractivity contribution in [1.82, 2.24) is 14.3 Å². The van der Waals surface area contributed by atoms with E-state index in [1.807, 2.05) is 60.1 Å². The quantitative estimate of drug-likeness (QED) is 0.608. The van der Waals surface area contributed by atoms with Gasteiger partial charge in [-0.05, 0) is 30.7 Å². The number of carbonyl (C=O) groups is 2. The first-order valence-electron chi connectivity index (χ1n) is 9.55. The van der Waals surface area contributed by atoms with E-state index in [2.05, 4.69) is 5.32 Å². The molecule has 0 bridgehead atoms. The molecule has 1 aromatic carbocycles. The van der Waals surface area contributed by atoms with Crippen molar-refractivity contribution in [2.75, 3.05) is 32.1 Å². The Morgan fingerprint density at radius 1 is 1.30 bits per heavy atom. The predicted octanol–water partition coefficient (Wildman–Crippen LogP) is 1.98. The van der Waals surface area contributed by atoms with E-state index in [4.69, 9.17) is 9.72 Å². The number of aryl methyl sites for hydroxylation is 1. The number of aliphatic hydroxyl groups excluding tert-OH is 1. The SMILES string of the molecule is COC(=O)C1=C(Nc2cccc(-c3cn4cccc(C)c4n3)c2)C(=O)N(CCO)C1. The molecule has 0 saturated carbocycles. The summed E-state index contributed by atoms with van der Waals surface area (Å²) in [5, 5.41) is 12.3. The number of ether oxygens (including phenoxy) is 1. The number of fused-ring (bicyclic) bond motifs is 1. The number of rotatable bonds is 6. The van der Waals surface area contributed by atoms with Crippen LogP contribution in [0, 0.1) is 6.92 Å². The lowest BCUT2D eigenvalue weighted by Crippen LogP contribution is -2.31. The third kappa shape index (κ3) is 3.53. The summed E-state index contributed by atoms with van der Waals surface area (Å²) in [6.45, 7) is 2.07. The van der Waals surface area contributed by atoms with E-state index in [0.29, 0.717) is 5.69 Å². The van der Waals surface area contributed by atoms with Crippen molar-refractivity contribution >= 4 is 23.2 Å². The van der Waals surface area contributed by atoms with Gasteiger partial charge in [-0.25, -0.2) is 9.78 Å². The second-order valence-corrected chi connectivity index (χ2v) is 7.05. The molecule has 3 heterocycles. The van der Waals surface area contributed by atoms with Crippen LogP contribution in [0.3, 0.4) is 0 Å². The van der Waals surface area contributed by atoms with E-state index in [1.165, 1.54) is 12.0 Å². The number of pyridine rings is 1. The smallest absolute Gasteiger partial charge is 0.337 e. The fourth-order valence-electron chi connectivity index (χ4n) is 3.54. The monoisotopic (exact) mass is 406 g/mol. The van der Waals surface area contributed by atoms with Crippen LogP contribution in [-0.2, 0) is 14.3 Å². The normalized spacial score (nSPS) is 14.0. The van der Waals surface area contributed by atoms with Crippen molar-refractivity contribution in [1.29, 1.82) is 0 Å². The molecular weight excluding hydrogens is 384 g/mol. The van der Waals surface area contributed by atoms with E-state index in [9.17, 15) is 14.7 Å². The number of methoxy groups -OCH3 is 1. The number of imidazole rings is 1. The molecule has 0 atom stereocenters. The zero-order chi connectivity index (χ0) is 21.3. The number of hydrogen-bond acceptors (Lipinski definition) is 6. The molecule has 0 fully saturated rings. The first-order valence-corrected chi connectivity index (χ1v) is 9.55. The van der Waals surface area contributed by atoms with Gasteiger partial charge in [0.2, 0.25) is 0 Å². The second kappa shape index (κ2) is 8.00. The van der Waals surface area contributed by atoms with Gasteiger partial charge in [0.25, 0.3) is 5.91 Å². The second-order valence-electron chi connectivity index (χ2n) is 7.05. The maximum absolute atomic E-state index is 12.7. The van der Waals surface area contributed by atoms with E-state index in [-0.39, 0.29) is 36.9 Å². The summed E-state index contributed by atoms with van der Waals surface area (Å²) in [6, 6.07) is 11.5. The molecule has 0 spiro atoms. The summed E-state index contributed by atoms with van der Waals surface area (Å²) in [5.41, 5.74) is 4.69. The number of nitrogens with one attached hydrogen (secondary N) is 1. The summed E-state index contributed by atoms with van der Waals surface area (Å²) in [6.07, 6.45) is 3.89. The minimum atomic E-state index is -0.571. The number of carbonyl (C=O) groups excluding carboxylic acids is 2. The summed E-state index contributed by atoms with van der Waals surface area (Å²) >= 11 is 0. The van der Waals surface area contributed by atoms with Crippen LogP contribution in [0.1, 0.15) is 5.56 Å². The molecular formula is C22H22N4O4. The molecule has 1 aliphatic rings. The minimum absolute atomic E-state index is 0.0970. The minimum Gasteiger partial charge on any atom is -0.466 e. The fraction of sp³-hybridized carbons (Fsp3) is 0.227. The number of nitrogens with zero attached hydrogens (tertiary/aromatic N) is 3.